The van der Waals surface area contributed by atoms with Crippen molar-refractivity contribution in [3.05, 3.63) is 30.6 Å². The summed E-state index contributed by atoms with van der Waals surface area (Å²) in [5, 5.41) is 0. The van der Waals surface area contributed by atoms with Gasteiger partial charge in [0.15, 0.2) is 0 Å². The lowest BCUT2D eigenvalue weighted by atomic mass is 9.98. The van der Waals surface area contributed by atoms with E-state index in [2.05, 4.69) is 14.3 Å². The number of piperidine rings is 1. The third-order valence-electron chi connectivity index (χ3n) is 4.48. The van der Waals surface area contributed by atoms with Crippen LogP contribution in [0.25, 0.3) is 11.0 Å². The molecule has 130 valence electrons. The molecule has 1 aromatic heterocycles. The maximum absolute atomic E-state index is 12.2. The van der Waals surface area contributed by atoms with Gasteiger partial charge in [0, 0.05) is 19.6 Å². The second-order valence-corrected chi connectivity index (χ2v) is 8.12. The molecule has 0 saturated carbocycles. The van der Waals surface area contributed by atoms with Crippen LogP contribution in [0, 0.1) is 5.92 Å². The molecule has 1 amide bonds. The van der Waals surface area contributed by atoms with Gasteiger partial charge in [-0.05, 0) is 37.9 Å². The van der Waals surface area contributed by atoms with Crippen LogP contribution in [0.1, 0.15) is 12.8 Å². The quantitative estimate of drug-likeness (QED) is 0.865. The molecule has 1 aliphatic rings. The number of carbonyl (C=O) groups is 1. The van der Waals surface area contributed by atoms with E-state index in [0.717, 1.165) is 30.4 Å². The Labute approximate surface area is 141 Å². The Kier molecular flexibility index (Phi) is 4.86. The lowest BCUT2D eigenvalue weighted by Crippen LogP contribution is -2.44. The Morgan fingerprint density at radius 2 is 2.17 bits per heavy atom. The summed E-state index contributed by atoms with van der Waals surface area (Å²) >= 11 is 0. The van der Waals surface area contributed by atoms with E-state index >= 15 is 0 Å². The molecular formula is C16H22N4O3S. The predicted molar refractivity (Wildman–Crippen MR) is 91.9 cm³/mol. The number of hydrogen-bond donors (Lipinski definition) is 1. The summed E-state index contributed by atoms with van der Waals surface area (Å²) in [5.74, 6) is -0.508. The van der Waals surface area contributed by atoms with Crippen LogP contribution in [0.4, 0.5) is 0 Å². The molecule has 24 heavy (non-hydrogen) atoms. The molecule has 1 N–H and O–H groups in total. The van der Waals surface area contributed by atoms with E-state index in [0.29, 0.717) is 19.0 Å². The highest BCUT2D eigenvalue weighted by molar-refractivity contribution is 7.90. The van der Waals surface area contributed by atoms with Gasteiger partial charge in [0.1, 0.15) is 5.75 Å². The number of benzene rings is 1. The van der Waals surface area contributed by atoms with Gasteiger partial charge in [-0.2, -0.15) is 0 Å². The molecule has 0 bridgehead atoms. The number of rotatable bonds is 5. The minimum absolute atomic E-state index is 0.303. The third-order valence-corrected chi connectivity index (χ3v) is 5.73. The number of imidazole rings is 1. The zero-order valence-electron chi connectivity index (χ0n) is 13.7. The van der Waals surface area contributed by atoms with Gasteiger partial charge in [0.05, 0.1) is 17.4 Å². The fraction of sp³-hybridized carbons (Fsp3) is 0.500. The first kappa shape index (κ1) is 16.9. The van der Waals surface area contributed by atoms with Gasteiger partial charge in [0.25, 0.3) is 0 Å². The lowest BCUT2D eigenvalue weighted by Gasteiger charge is -2.33. The van der Waals surface area contributed by atoms with Crippen molar-refractivity contribution in [1.29, 1.82) is 0 Å². The number of amides is 1. The van der Waals surface area contributed by atoms with Crippen molar-refractivity contribution in [2.75, 3.05) is 25.9 Å². The summed E-state index contributed by atoms with van der Waals surface area (Å²) in [6.45, 7) is 1.99. The van der Waals surface area contributed by atoms with Crippen LogP contribution in [-0.2, 0) is 21.4 Å². The average molecular weight is 350 g/mol. The maximum Gasteiger partial charge on any atom is 0.239 e. The molecule has 1 aromatic carbocycles. The molecule has 8 heteroatoms. The number of hydrogen-bond acceptors (Lipinski definition) is 4. The Morgan fingerprint density at radius 1 is 1.38 bits per heavy atom. The number of carbonyl (C=O) groups excluding carboxylic acids is 1. The summed E-state index contributed by atoms with van der Waals surface area (Å²) in [6.07, 6.45) is 3.74. The number of nitrogens with one attached hydrogen (secondary N) is 1. The van der Waals surface area contributed by atoms with E-state index in [1.807, 2.05) is 30.6 Å². The molecule has 2 aromatic rings. The Morgan fingerprint density at radius 3 is 2.96 bits per heavy atom. The first-order chi connectivity index (χ1) is 11.5. The minimum Gasteiger partial charge on any atom is -0.341 e. The number of para-hydroxylation sites is 2. The monoisotopic (exact) mass is 350 g/mol. The highest BCUT2D eigenvalue weighted by atomic mass is 32.2. The summed E-state index contributed by atoms with van der Waals surface area (Å²) in [6, 6.07) is 7.96. The first-order valence-electron chi connectivity index (χ1n) is 8.07. The molecule has 7 nitrogen and oxygen atoms in total. The molecule has 3 rings (SSSR count). The van der Waals surface area contributed by atoms with Crippen LogP contribution in [0.3, 0.4) is 0 Å². The minimum atomic E-state index is -3.52. The Bertz CT molecular complexity index is 831. The molecule has 1 atom stereocenters. The smallest absolute Gasteiger partial charge is 0.239 e. The molecule has 1 saturated heterocycles. The van der Waals surface area contributed by atoms with E-state index in [-0.39, 0.29) is 5.91 Å². The van der Waals surface area contributed by atoms with Crippen molar-refractivity contribution in [1.82, 2.24) is 19.2 Å². The van der Waals surface area contributed by atoms with Crippen molar-refractivity contribution in [3.63, 3.8) is 0 Å². The highest BCUT2D eigenvalue weighted by Crippen LogP contribution is 2.21. The van der Waals surface area contributed by atoms with E-state index in [4.69, 9.17) is 0 Å². The SMILES string of the molecule is CNS(=O)(=O)CC(=O)N1CCCC(Cn2cnc3ccccc32)C1. The number of fused-ring (bicyclic) bond motifs is 1. The third kappa shape index (κ3) is 3.76. The molecular weight excluding hydrogens is 328 g/mol. The normalized spacial score (nSPS) is 18.9. The van der Waals surface area contributed by atoms with Crippen LogP contribution < -0.4 is 4.72 Å². The zero-order valence-corrected chi connectivity index (χ0v) is 14.5. The molecule has 0 radical (unpaired) electrons. The van der Waals surface area contributed by atoms with E-state index in [1.54, 1.807) is 4.90 Å². The number of aromatic nitrogens is 2. The van der Waals surface area contributed by atoms with Gasteiger partial charge < -0.3 is 9.47 Å². The highest BCUT2D eigenvalue weighted by Gasteiger charge is 2.26. The van der Waals surface area contributed by atoms with Gasteiger partial charge in [-0.1, -0.05) is 12.1 Å². The first-order valence-corrected chi connectivity index (χ1v) is 9.72. The van der Waals surface area contributed by atoms with E-state index in [1.165, 1.54) is 7.05 Å². The van der Waals surface area contributed by atoms with Crippen LogP contribution in [0.5, 0.6) is 0 Å². The van der Waals surface area contributed by atoms with E-state index < -0.39 is 15.8 Å². The van der Waals surface area contributed by atoms with Crippen LogP contribution in [-0.4, -0.2) is 54.7 Å². The standard InChI is InChI=1S/C16H22N4O3S/c1-17-24(22,23)11-16(21)19-8-4-5-13(9-19)10-20-12-18-14-6-2-3-7-15(14)20/h2-3,6-7,12-13,17H,4-5,8-11H2,1H3. The molecule has 2 heterocycles. The van der Waals surface area contributed by atoms with Gasteiger partial charge >= 0.3 is 0 Å². The molecule has 1 unspecified atom stereocenters. The van der Waals surface area contributed by atoms with Crippen molar-refractivity contribution < 1.29 is 13.2 Å². The fourth-order valence-corrected chi connectivity index (χ4v) is 3.85. The van der Waals surface area contributed by atoms with Crippen molar-refractivity contribution >= 4 is 27.0 Å². The fourth-order valence-electron chi connectivity index (χ4n) is 3.20. The molecule has 0 spiro atoms. The molecule has 0 aliphatic carbocycles. The van der Waals surface area contributed by atoms with Crippen LogP contribution >= 0.6 is 0 Å². The van der Waals surface area contributed by atoms with Crippen molar-refractivity contribution in [2.45, 2.75) is 19.4 Å². The summed E-state index contributed by atoms with van der Waals surface area (Å²) in [7, 11) is -2.20. The van der Waals surface area contributed by atoms with Gasteiger partial charge in [0.2, 0.25) is 15.9 Å². The second-order valence-electron chi connectivity index (χ2n) is 6.20. The van der Waals surface area contributed by atoms with Gasteiger partial charge in [-0.3, -0.25) is 4.79 Å². The van der Waals surface area contributed by atoms with E-state index in [9.17, 15) is 13.2 Å². The largest absolute Gasteiger partial charge is 0.341 e. The van der Waals surface area contributed by atoms with Crippen LogP contribution in [0.15, 0.2) is 30.6 Å². The lowest BCUT2D eigenvalue weighted by molar-refractivity contribution is -0.130. The average Bonchev–Trinajstić information content (AvgIpc) is 2.98. The summed E-state index contributed by atoms with van der Waals surface area (Å²) < 4.78 is 27.4. The molecule has 1 aliphatic heterocycles. The van der Waals surface area contributed by atoms with Gasteiger partial charge in [-0.25, -0.2) is 18.1 Å². The van der Waals surface area contributed by atoms with Crippen LogP contribution in [0.2, 0.25) is 0 Å². The Balaban J connectivity index is 1.66. The second kappa shape index (κ2) is 6.90. The zero-order chi connectivity index (χ0) is 17.2. The summed E-state index contributed by atoms with van der Waals surface area (Å²) in [4.78, 5) is 18.3. The molecule has 1 fully saturated rings. The topological polar surface area (TPSA) is 84.3 Å². The van der Waals surface area contributed by atoms with Crippen molar-refractivity contribution in [3.8, 4) is 0 Å². The number of likely N-dealkylation sites (tertiary alicyclic amines) is 1. The number of nitrogens with zero attached hydrogens (tertiary/aromatic N) is 3. The van der Waals surface area contributed by atoms with Gasteiger partial charge in [-0.15, -0.1) is 0 Å². The predicted octanol–water partition coefficient (Wildman–Crippen LogP) is 0.824. The maximum atomic E-state index is 12.2. The summed E-state index contributed by atoms with van der Waals surface area (Å²) in [5.41, 5.74) is 2.04. The number of sulfonamides is 1. The Hall–Kier alpha value is -1.93. The van der Waals surface area contributed by atoms with Crippen molar-refractivity contribution in [2.24, 2.45) is 5.92 Å².